The molecule has 2 N–H and O–H groups in total. The van der Waals surface area contributed by atoms with Gasteiger partial charge in [0.05, 0.1) is 12.8 Å². The van der Waals surface area contributed by atoms with Gasteiger partial charge in [0.15, 0.2) is 0 Å². The molecule has 1 heterocycles. The molecule has 4 aromatic rings. The second-order valence-electron chi connectivity index (χ2n) is 6.93. The number of methoxy groups -OCH3 is 1. The zero-order valence-electron chi connectivity index (χ0n) is 17.1. The number of aromatic nitrogens is 1. The van der Waals surface area contributed by atoms with E-state index < -0.39 is 0 Å². The number of nitrogens with zero attached hydrogens (tertiary/aromatic N) is 2. The molecule has 5 heteroatoms. The summed E-state index contributed by atoms with van der Waals surface area (Å²) in [5, 5.41) is 9.67. The van der Waals surface area contributed by atoms with Gasteiger partial charge in [-0.15, -0.1) is 0 Å². The Morgan fingerprint density at radius 1 is 0.903 bits per heavy atom. The highest BCUT2D eigenvalue weighted by Gasteiger charge is 2.15. The maximum Gasteiger partial charge on any atom is 0.142 e. The van der Waals surface area contributed by atoms with E-state index in [1.807, 2.05) is 84.9 Å². The van der Waals surface area contributed by atoms with Gasteiger partial charge >= 0.3 is 0 Å². The number of nitrogens with two attached hydrogens (primary N) is 1. The molecular weight excluding hydrogens is 386 g/mol. The van der Waals surface area contributed by atoms with Gasteiger partial charge in [0.25, 0.3) is 0 Å². The number of anilines is 1. The van der Waals surface area contributed by atoms with Gasteiger partial charge in [-0.05, 0) is 41.5 Å². The number of ether oxygens (including phenoxy) is 2. The Kier molecular flexibility index (Phi) is 5.82. The number of rotatable bonds is 6. The van der Waals surface area contributed by atoms with Crippen molar-refractivity contribution in [3.8, 4) is 40.0 Å². The molecule has 0 fully saturated rings. The minimum atomic E-state index is 0.185. The number of pyridine rings is 1. The molecule has 5 nitrogen and oxygen atoms in total. The van der Waals surface area contributed by atoms with Crippen LogP contribution in [0.4, 0.5) is 5.82 Å². The molecule has 0 bridgehead atoms. The number of hydrogen-bond acceptors (Lipinski definition) is 5. The molecule has 0 aliphatic rings. The fourth-order valence-corrected chi connectivity index (χ4v) is 3.38. The summed E-state index contributed by atoms with van der Waals surface area (Å²) < 4.78 is 11.3. The van der Waals surface area contributed by atoms with Crippen molar-refractivity contribution in [3.63, 3.8) is 0 Å². The Hall–Kier alpha value is -4.30. The van der Waals surface area contributed by atoms with Crippen molar-refractivity contribution in [2.24, 2.45) is 0 Å². The van der Waals surface area contributed by atoms with Crippen molar-refractivity contribution in [2.45, 2.75) is 6.61 Å². The van der Waals surface area contributed by atoms with Gasteiger partial charge in [0, 0.05) is 11.1 Å². The summed E-state index contributed by atoms with van der Waals surface area (Å²) in [5.41, 5.74) is 10.6. The monoisotopic (exact) mass is 407 g/mol. The largest absolute Gasteiger partial charge is 0.496 e. The van der Waals surface area contributed by atoms with Crippen LogP contribution in [0.5, 0.6) is 11.5 Å². The molecule has 0 atom stereocenters. The smallest absolute Gasteiger partial charge is 0.142 e. The van der Waals surface area contributed by atoms with Gasteiger partial charge in [0.2, 0.25) is 0 Å². The Morgan fingerprint density at radius 3 is 2.32 bits per heavy atom. The van der Waals surface area contributed by atoms with Crippen LogP contribution in [0.25, 0.3) is 22.4 Å². The number of hydrogen-bond donors (Lipinski definition) is 1. The molecule has 31 heavy (non-hydrogen) atoms. The molecule has 0 saturated carbocycles. The van der Waals surface area contributed by atoms with E-state index in [-0.39, 0.29) is 5.82 Å². The summed E-state index contributed by atoms with van der Waals surface area (Å²) in [7, 11) is 1.61. The van der Waals surface area contributed by atoms with E-state index in [9.17, 15) is 5.26 Å². The van der Waals surface area contributed by atoms with Crippen LogP contribution < -0.4 is 15.2 Å². The summed E-state index contributed by atoms with van der Waals surface area (Å²) in [5.74, 6) is 1.62. The predicted molar refractivity (Wildman–Crippen MR) is 122 cm³/mol. The fraction of sp³-hybridized carbons (Fsp3) is 0.0769. The molecule has 0 spiro atoms. The molecule has 4 rings (SSSR count). The summed E-state index contributed by atoms with van der Waals surface area (Å²) in [6.45, 7) is 0.490. The van der Waals surface area contributed by atoms with E-state index in [1.165, 1.54) is 0 Å². The molecule has 0 saturated heterocycles. The van der Waals surface area contributed by atoms with E-state index >= 15 is 0 Å². The summed E-state index contributed by atoms with van der Waals surface area (Å²) in [6.07, 6.45) is 0. The van der Waals surface area contributed by atoms with E-state index in [2.05, 4.69) is 11.1 Å². The molecule has 152 valence electrons. The van der Waals surface area contributed by atoms with E-state index in [4.69, 9.17) is 15.2 Å². The Labute approximate surface area is 181 Å². The van der Waals surface area contributed by atoms with Crippen LogP contribution in [0.3, 0.4) is 0 Å². The highest BCUT2D eigenvalue weighted by atomic mass is 16.5. The highest BCUT2D eigenvalue weighted by molar-refractivity contribution is 5.81. The zero-order chi connectivity index (χ0) is 21.6. The van der Waals surface area contributed by atoms with E-state index in [0.29, 0.717) is 29.2 Å². The van der Waals surface area contributed by atoms with Crippen LogP contribution >= 0.6 is 0 Å². The molecule has 0 aliphatic heterocycles. The minimum Gasteiger partial charge on any atom is -0.496 e. The minimum absolute atomic E-state index is 0.185. The first-order valence-electron chi connectivity index (χ1n) is 9.80. The SMILES string of the molecule is COc1ccccc1-c1cc(-c2ccc(OCc3ccccc3)cc2)c(C#N)c(N)n1. The van der Waals surface area contributed by atoms with Crippen LogP contribution in [0.15, 0.2) is 84.9 Å². The van der Waals surface area contributed by atoms with Crippen molar-refractivity contribution in [2.75, 3.05) is 12.8 Å². The third-order valence-corrected chi connectivity index (χ3v) is 4.96. The average molecular weight is 407 g/mol. The summed E-state index contributed by atoms with van der Waals surface area (Å²) in [4.78, 5) is 4.44. The normalized spacial score (nSPS) is 10.3. The standard InChI is InChI=1S/C26H21N3O2/c1-30-25-10-6-5-9-21(25)24-15-22(23(16-27)26(28)29-24)19-11-13-20(14-12-19)31-17-18-7-3-2-4-8-18/h2-15H,17H2,1H3,(H2,28,29). The molecule has 0 aliphatic carbocycles. The first-order valence-corrected chi connectivity index (χ1v) is 9.80. The van der Waals surface area contributed by atoms with Crippen LogP contribution in [0, 0.1) is 11.3 Å². The van der Waals surface area contributed by atoms with Crippen LogP contribution in [-0.4, -0.2) is 12.1 Å². The second kappa shape index (κ2) is 9.02. The molecule has 3 aromatic carbocycles. The predicted octanol–water partition coefficient (Wildman–Crippen LogP) is 5.46. The van der Waals surface area contributed by atoms with Crippen molar-refractivity contribution in [1.29, 1.82) is 5.26 Å². The van der Waals surface area contributed by atoms with Crippen LogP contribution in [0.2, 0.25) is 0 Å². The van der Waals surface area contributed by atoms with Gasteiger partial charge in [-0.3, -0.25) is 0 Å². The van der Waals surface area contributed by atoms with Crippen molar-refractivity contribution in [1.82, 2.24) is 4.98 Å². The van der Waals surface area contributed by atoms with Crippen molar-refractivity contribution < 1.29 is 9.47 Å². The topological polar surface area (TPSA) is 81.2 Å². The van der Waals surface area contributed by atoms with E-state index in [0.717, 1.165) is 22.4 Å². The number of benzene rings is 3. The Balaban J connectivity index is 1.67. The quantitative estimate of drug-likeness (QED) is 0.459. The third kappa shape index (κ3) is 4.34. The first kappa shape index (κ1) is 20.0. The second-order valence-corrected chi connectivity index (χ2v) is 6.93. The third-order valence-electron chi connectivity index (χ3n) is 4.96. The summed E-state index contributed by atoms with van der Waals surface area (Å²) >= 11 is 0. The van der Waals surface area contributed by atoms with Crippen molar-refractivity contribution >= 4 is 5.82 Å². The van der Waals surface area contributed by atoms with Crippen LogP contribution in [-0.2, 0) is 6.61 Å². The van der Waals surface area contributed by atoms with E-state index in [1.54, 1.807) is 7.11 Å². The molecule has 0 radical (unpaired) electrons. The van der Waals surface area contributed by atoms with Gasteiger partial charge in [-0.2, -0.15) is 5.26 Å². The lowest BCUT2D eigenvalue weighted by molar-refractivity contribution is 0.306. The maximum atomic E-state index is 9.67. The lowest BCUT2D eigenvalue weighted by Gasteiger charge is -2.13. The fourth-order valence-electron chi connectivity index (χ4n) is 3.38. The van der Waals surface area contributed by atoms with Gasteiger partial charge in [0.1, 0.15) is 35.6 Å². The first-order chi connectivity index (χ1) is 15.2. The number of nitriles is 1. The van der Waals surface area contributed by atoms with Crippen LogP contribution in [0.1, 0.15) is 11.1 Å². The lowest BCUT2D eigenvalue weighted by Crippen LogP contribution is -2.00. The average Bonchev–Trinajstić information content (AvgIpc) is 2.83. The molecule has 1 aromatic heterocycles. The molecule has 0 unspecified atom stereocenters. The summed E-state index contributed by atoms with van der Waals surface area (Å²) in [6, 6.07) is 29.2. The Bertz CT molecular complexity index is 1230. The molecular formula is C26H21N3O2. The highest BCUT2D eigenvalue weighted by Crippen LogP contribution is 2.35. The zero-order valence-corrected chi connectivity index (χ0v) is 17.1. The van der Waals surface area contributed by atoms with Gasteiger partial charge in [-0.1, -0.05) is 54.6 Å². The molecule has 0 amide bonds. The number of para-hydroxylation sites is 1. The number of nitrogen functional groups attached to an aromatic ring is 1. The Morgan fingerprint density at radius 2 is 1.61 bits per heavy atom. The van der Waals surface area contributed by atoms with Crippen molar-refractivity contribution in [3.05, 3.63) is 96.1 Å². The maximum absolute atomic E-state index is 9.67. The van der Waals surface area contributed by atoms with Gasteiger partial charge < -0.3 is 15.2 Å². The van der Waals surface area contributed by atoms with Gasteiger partial charge in [-0.25, -0.2) is 4.98 Å². The lowest BCUT2D eigenvalue weighted by atomic mass is 9.98.